The predicted octanol–water partition coefficient (Wildman–Crippen LogP) is 2.20. The standard InChI is InChI=1S/C18H23N3O3S/c1-20-11-5-8-15(20)16-9-6-12-21(16)13-18(22)19-14-7-3-4-10-17(14)25(2,23)24/h3-5,7-8,10-11,16H,6,9,12-13H2,1-2H3,(H,19,22)/t16-/m1/s1. The molecule has 1 aromatic carbocycles. The van der Waals surface area contributed by atoms with Gasteiger partial charge in [0.25, 0.3) is 0 Å². The van der Waals surface area contributed by atoms with E-state index in [4.69, 9.17) is 0 Å². The fourth-order valence-corrected chi connectivity index (χ4v) is 4.28. The van der Waals surface area contributed by atoms with Crippen LogP contribution in [0.3, 0.4) is 0 Å². The molecule has 0 bridgehead atoms. The number of rotatable bonds is 5. The van der Waals surface area contributed by atoms with Crippen LogP contribution in [0.5, 0.6) is 0 Å². The Kier molecular flexibility index (Phi) is 4.96. The lowest BCUT2D eigenvalue weighted by Gasteiger charge is -2.24. The number of carbonyl (C=O) groups excluding carboxylic acids is 1. The summed E-state index contributed by atoms with van der Waals surface area (Å²) in [5.41, 5.74) is 1.53. The van der Waals surface area contributed by atoms with Crippen LogP contribution in [0.25, 0.3) is 0 Å². The molecule has 1 atom stereocenters. The van der Waals surface area contributed by atoms with Crippen molar-refractivity contribution in [3.63, 3.8) is 0 Å². The van der Waals surface area contributed by atoms with Gasteiger partial charge in [-0.05, 0) is 43.7 Å². The second-order valence-electron chi connectivity index (χ2n) is 6.49. The minimum atomic E-state index is -3.39. The molecule has 0 radical (unpaired) electrons. The lowest BCUT2D eigenvalue weighted by molar-refractivity contribution is -0.117. The van der Waals surface area contributed by atoms with Gasteiger partial charge in [-0.3, -0.25) is 9.69 Å². The van der Waals surface area contributed by atoms with Crippen LogP contribution in [0.15, 0.2) is 47.5 Å². The average molecular weight is 361 g/mol. The van der Waals surface area contributed by atoms with Crippen molar-refractivity contribution in [3.05, 3.63) is 48.3 Å². The Morgan fingerprint density at radius 2 is 2.00 bits per heavy atom. The van der Waals surface area contributed by atoms with Crippen molar-refractivity contribution in [2.45, 2.75) is 23.8 Å². The highest BCUT2D eigenvalue weighted by atomic mass is 32.2. The van der Waals surface area contributed by atoms with Gasteiger partial charge in [0.2, 0.25) is 5.91 Å². The first kappa shape index (κ1) is 17.7. The van der Waals surface area contributed by atoms with E-state index < -0.39 is 9.84 Å². The zero-order chi connectivity index (χ0) is 18.0. The molecule has 2 heterocycles. The quantitative estimate of drug-likeness (QED) is 0.886. The highest BCUT2D eigenvalue weighted by molar-refractivity contribution is 7.90. The van der Waals surface area contributed by atoms with Crippen LogP contribution in [0.4, 0.5) is 5.69 Å². The third-order valence-electron chi connectivity index (χ3n) is 4.60. The molecule has 1 aliphatic rings. The number of para-hydroxylation sites is 1. The maximum absolute atomic E-state index is 12.5. The topological polar surface area (TPSA) is 71.4 Å². The minimum absolute atomic E-state index is 0.142. The Balaban J connectivity index is 1.72. The summed E-state index contributed by atoms with van der Waals surface area (Å²) in [4.78, 5) is 14.8. The Labute approximate surface area is 148 Å². The van der Waals surface area contributed by atoms with E-state index >= 15 is 0 Å². The van der Waals surface area contributed by atoms with Crippen molar-refractivity contribution in [2.24, 2.45) is 7.05 Å². The number of carbonyl (C=O) groups is 1. The molecule has 6 nitrogen and oxygen atoms in total. The van der Waals surface area contributed by atoms with Gasteiger partial charge < -0.3 is 9.88 Å². The zero-order valence-electron chi connectivity index (χ0n) is 14.5. The van der Waals surface area contributed by atoms with E-state index in [1.165, 1.54) is 11.8 Å². The number of hydrogen-bond acceptors (Lipinski definition) is 4. The Bertz CT molecular complexity index is 873. The zero-order valence-corrected chi connectivity index (χ0v) is 15.3. The van der Waals surface area contributed by atoms with E-state index in [0.717, 1.165) is 25.6 Å². The second-order valence-corrected chi connectivity index (χ2v) is 8.47. The monoisotopic (exact) mass is 361 g/mol. The molecular weight excluding hydrogens is 338 g/mol. The van der Waals surface area contributed by atoms with Gasteiger partial charge in [0, 0.05) is 25.2 Å². The van der Waals surface area contributed by atoms with E-state index in [-0.39, 0.29) is 23.4 Å². The number of amides is 1. The molecule has 134 valence electrons. The number of likely N-dealkylation sites (tertiary alicyclic amines) is 1. The van der Waals surface area contributed by atoms with E-state index in [1.54, 1.807) is 18.2 Å². The molecule has 2 aromatic rings. The smallest absolute Gasteiger partial charge is 0.238 e. The minimum Gasteiger partial charge on any atom is -0.353 e. The van der Waals surface area contributed by atoms with Crippen molar-refractivity contribution in [2.75, 3.05) is 24.7 Å². The molecule has 0 saturated carbocycles. The summed E-state index contributed by atoms with van der Waals surface area (Å²) in [5, 5.41) is 2.76. The van der Waals surface area contributed by atoms with Crippen LogP contribution in [0.1, 0.15) is 24.6 Å². The number of sulfone groups is 1. The molecular formula is C18H23N3O3S. The summed E-state index contributed by atoms with van der Waals surface area (Å²) in [6, 6.07) is 10.8. The maximum Gasteiger partial charge on any atom is 0.238 e. The number of aryl methyl sites for hydroxylation is 1. The van der Waals surface area contributed by atoms with Crippen LogP contribution in [0, 0.1) is 0 Å². The van der Waals surface area contributed by atoms with E-state index in [9.17, 15) is 13.2 Å². The molecule has 25 heavy (non-hydrogen) atoms. The normalized spacial score (nSPS) is 18.4. The first-order valence-corrected chi connectivity index (χ1v) is 10.2. The fourth-order valence-electron chi connectivity index (χ4n) is 3.44. The Morgan fingerprint density at radius 1 is 1.24 bits per heavy atom. The Hall–Kier alpha value is -2.12. The van der Waals surface area contributed by atoms with Gasteiger partial charge in [0.1, 0.15) is 0 Å². The van der Waals surface area contributed by atoms with Crippen LogP contribution in [0.2, 0.25) is 0 Å². The number of hydrogen-bond donors (Lipinski definition) is 1. The van der Waals surface area contributed by atoms with Gasteiger partial charge >= 0.3 is 0 Å². The number of nitrogens with one attached hydrogen (secondary N) is 1. The summed E-state index contributed by atoms with van der Waals surface area (Å²) >= 11 is 0. The molecule has 1 amide bonds. The molecule has 0 spiro atoms. The number of anilines is 1. The maximum atomic E-state index is 12.5. The SMILES string of the molecule is Cn1cccc1[C@H]1CCCN1CC(=O)Nc1ccccc1S(C)(=O)=O. The van der Waals surface area contributed by atoms with E-state index in [1.807, 2.05) is 19.3 Å². The molecule has 1 fully saturated rings. The second kappa shape index (κ2) is 7.01. The summed E-state index contributed by atoms with van der Waals surface area (Å²) in [7, 11) is -1.38. The molecule has 1 aromatic heterocycles. The molecule has 0 unspecified atom stereocenters. The van der Waals surface area contributed by atoms with Gasteiger partial charge in [-0.15, -0.1) is 0 Å². The van der Waals surface area contributed by atoms with E-state index in [0.29, 0.717) is 5.69 Å². The van der Waals surface area contributed by atoms with Crippen molar-refractivity contribution >= 4 is 21.4 Å². The summed E-state index contributed by atoms with van der Waals surface area (Å²) < 4.78 is 25.8. The predicted molar refractivity (Wildman–Crippen MR) is 97.1 cm³/mol. The molecule has 1 N–H and O–H groups in total. The number of nitrogens with zero attached hydrogens (tertiary/aromatic N) is 2. The van der Waals surface area contributed by atoms with Gasteiger partial charge in [-0.2, -0.15) is 0 Å². The summed E-state index contributed by atoms with van der Waals surface area (Å²) in [5.74, 6) is -0.197. The summed E-state index contributed by atoms with van der Waals surface area (Å²) in [6.07, 6.45) is 5.21. The van der Waals surface area contributed by atoms with E-state index in [2.05, 4.69) is 20.9 Å². The highest BCUT2D eigenvalue weighted by Crippen LogP contribution is 2.31. The molecule has 0 aliphatic carbocycles. The first-order chi connectivity index (χ1) is 11.9. The van der Waals surface area contributed by atoms with Crippen molar-refractivity contribution in [1.82, 2.24) is 9.47 Å². The lowest BCUT2D eigenvalue weighted by Crippen LogP contribution is -2.33. The largest absolute Gasteiger partial charge is 0.353 e. The highest BCUT2D eigenvalue weighted by Gasteiger charge is 2.29. The van der Waals surface area contributed by atoms with Crippen molar-refractivity contribution < 1.29 is 13.2 Å². The van der Waals surface area contributed by atoms with Crippen LogP contribution < -0.4 is 5.32 Å². The molecule has 3 rings (SSSR count). The first-order valence-electron chi connectivity index (χ1n) is 8.30. The summed E-state index contributed by atoms with van der Waals surface area (Å²) in [6.45, 7) is 1.10. The van der Waals surface area contributed by atoms with Crippen molar-refractivity contribution in [1.29, 1.82) is 0 Å². The van der Waals surface area contributed by atoms with Crippen LogP contribution in [-0.2, 0) is 21.7 Å². The van der Waals surface area contributed by atoms with Gasteiger partial charge in [0.05, 0.1) is 23.2 Å². The van der Waals surface area contributed by atoms with Crippen LogP contribution in [-0.4, -0.2) is 43.1 Å². The average Bonchev–Trinajstić information content (AvgIpc) is 3.15. The Morgan fingerprint density at radius 3 is 2.68 bits per heavy atom. The number of aromatic nitrogens is 1. The van der Waals surface area contributed by atoms with Crippen molar-refractivity contribution in [3.8, 4) is 0 Å². The van der Waals surface area contributed by atoms with Crippen LogP contribution >= 0.6 is 0 Å². The molecule has 1 saturated heterocycles. The molecule has 7 heteroatoms. The fraction of sp³-hybridized carbons (Fsp3) is 0.389. The third kappa shape index (κ3) is 3.93. The molecule has 1 aliphatic heterocycles. The lowest BCUT2D eigenvalue weighted by atomic mass is 10.1. The third-order valence-corrected chi connectivity index (χ3v) is 5.75. The number of benzene rings is 1. The van der Waals surface area contributed by atoms with Gasteiger partial charge in [0.15, 0.2) is 9.84 Å². The van der Waals surface area contributed by atoms with Gasteiger partial charge in [-0.1, -0.05) is 12.1 Å². The van der Waals surface area contributed by atoms with Gasteiger partial charge in [-0.25, -0.2) is 8.42 Å².